The lowest BCUT2D eigenvalue weighted by molar-refractivity contribution is 0.0956. The molecule has 0 radical (unpaired) electrons. The van der Waals surface area contributed by atoms with Gasteiger partial charge in [-0.2, -0.15) is 0 Å². The van der Waals surface area contributed by atoms with E-state index in [1.165, 1.54) is 0 Å². The lowest BCUT2D eigenvalue weighted by Gasteiger charge is -2.07. The molecule has 0 bridgehead atoms. The molecule has 2 rings (SSSR count). The van der Waals surface area contributed by atoms with Crippen LogP contribution >= 0.6 is 0 Å². The first-order chi connectivity index (χ1) is 9.20. The first-order valence-electron chi connectivity index (χ1n) is 6.31. The minimum atomic E-state index is -0.0443. The van der Waals surface area contributed by atoms with Crippen molar-refractivity contribution in [3.63, 3.8) is 0 Å². The number of aromatic nitrogens is 2. The van der Waals surface area contributed by atoms with Crippen molar-refractivity contribution >= 4 is 11.6 Å². The maximum atomic E-state index is 11.6. The van der Waals surface area contributed by atoms with E-state index in [2.05, 4.69) is 20.6 Å². The summed E-state index contributed by atoms with van der Waals surface area (Å²) in [5, 5.41) is 6.04. The molecule has 2 aromatic rings. The number of aromatic amines is 1. The Morgan fingerprint density at radius 3 is 2.63 bits per heavy atom. The van der Waals surface area contributed by atoms with Crippen LogP contribution in [0.15, 0.2) is 30.6 Å². The molecule has 1 heterocycles. The summed E-state index contributed by atoms with van der Waals surface area (Å²) >= 11 is 0. The molecule has 0 unspecified atom stereocenters. The van der Waals surface area contributed by atoms with Gasteiger partial charge in [0.15, 0.2) is 0 Å². The van der Waals surface area contributed by atoms with Crippen LogP contribution in [0, 0.1) is 6.92 Å². The number of nitrogens with one attached hydrogen (secondary N) is 3. The molecule has 1 aromatic carbocycles. The smallest absolute Gasteiger partial charge is 0.251 e. The number of amides is 1. The molecule has 3 N–H and O–H groups in total. The molecule has 19 heavy (non-hydrogen) atoms. The molecule has 0 aliphatic rings. The molecular formula is C14H18N4O. The number of nitrogens with zero attached hydrogens (tertiary/aromatic N) is 1. The molecule has 0 spiro atoms. The van der Waals surface area contributed by atoms with Crippen molar-refractivity contribution < 1.29 is 4.79 Å². The van der Waals surface area contributed by atoms with E-state index in [-0.39, 0.29) is 5.91 Å². The van der Waals surface area contributed by atoms with Gasteiger partial charge in [0.1, 0.15) is 0 Å². The van der Waals surface area contributed by atoms with Gasteiger partial charge < -0.3 is 15.6 Å². The number of anilines is 1. The van der Waals surface area contributed by atoms with E-state index in [9.17, 15) is 4.79 Å². The van der Waals surface area contributed by atoms with Gasteiger partial charge in [0, 0.05) is 23.5 Å². The minimum absolute atomic E-state index is 0.0443. The van der Waals surface area contributed by atoms with Crippen LogP contribution in [0.1, 0.15) is 28.7 Å². The molecule has 100 valence electrons. The summed E-state index contributed by atoms with van der Waals surface area (Å²) in [4.78, 5) is 18.9. The van der Waals surface area contributed by atoms with Crippen LogP contribution in [0.2, 0.25) is 0 Å². The third kappa shape index (κ3) is 3.34. The van der Waals surface area contributed by atoms with Crippen LogP contribution in [0.4, 0.5) is 5.69 Å². The average Bonchev–Trinajstić information content (AvgIpc) is 2.83. The summed E-state index contributed by atoms with van der Waals surface area (Å²) in [6.45, 7) is 5.19. The third-order valence-electron chi connectivity index (χ3n) is 2.88. The highest BCUT2D eigenvalue weighted by Gasteiger charge is 2.04. The van der Waals surface area contributed by atoms with Gasteiger partial charge >= 0.3 is 0 Å². The first-order valence-corrected chi connectivity index (χ1v) is 6.31. The zero-order valence-corrected chi connectivity index (χ0v) is 11.2. The predicted molar refractivity (Wildman–Crippen MR) is 75.1 cm³/mol. The summed E-state index contributed by atoms with van der Waals surface area (Å²) in [6.07, 6.45) is 1.69. The standard InChI is InChI=1S/C14H18N4O/c1-3-15-14(19)11-4-6-12(7-5-11)16-8-13-10(2)17-9-18-13/h4-7,9,16H,3,8H2,1-2H3,(H,15,19)(H,17,18). The van der Waals surface area contributed by atoms with E-state index in [4.69, 9.17) is 0 Å². The highest BCUT2D eigenvalue weighted by Crippen LogP contribution is 2.11. The van der Waals surface area contributed by atoms with Crippen LogP contribution in [0.25, 0.3) is 0 Å². The second-order valence-corrected chi connectivity index (χ2v) is 4.26. The molecule has 5 heteroatoms. The van der Waals surface area contributed by atoms with Gasteiger partial charge in [0.05, 0.1) is 18.6 Å². The molecular weight excluding hydrogens is 240 g/mol. The quantitative estimate of drug-likeness (QED) is 0.769. The summed E-state index contributed by atoms with van der Waals surface area (Å²) in [5.41, 5.74) is 3.69. The van der Waals surface area contributed by atoms with Gasteiger partial charge in [0.2, 0.25) is 0 Å². The lowest BCUT2D eigenvalue weighted by Crippen LogP contribution is -2.22. The molecule has 0 saturated heterocycles. The molecule has 5 nitrogen and oxygen atoms in total. The average molecular weight is 258 g/mol. The zero-order valence-electron chi connectivity index (χ0n) is 11.2. The van der Waals surface area contributed by atoms with E-state index in [0.29, 0.717) is 18.7 Å². The lowest BCUT2D eigenvalue weighted by atomic mass is 10.2. The number of aryl methyl sites for hydroxylation is 1. The maximum absolute atomic E-state index is 11.6. The predicted octanol–water partition coefficient (Wildman–Crippen LogP) is 2.08. The monoisotopic (exact) mass is 258 g/mol. The van der Waals surface area contributed by atoms with Crippen molar-refractivity contribution in [1.29, 1.82) is 0 Å². The van der Waals surface area contributed by atoms with Crippen molar-refractivity contribution in [2.75, 3.05) is 11.9 Å². The molecule has 0 aliphatic heterocycles. The van der Waals surface area contributed by atoms with Gasteiger partial charge in [-0.3, -0.25) is 4.79 Å². The van der Waals surface area contributed by atoms with E-state index < -0.39 is 0 Å². The Hall–Kier alpha value is -2.30. The van der Waals surface area contributed by atoms with Gasteiger partial charge in [-0.15, -0.1) is 0 Å². The molecule has 0 atom stereocenters. The Morgan fingerprint density at radius 1 is 1.32 bits per heavy atom. The zero-order chi connectivity index (χ0) is 13.7. The number of imidazole rings is 1. The number of carbonyl (C=O) groups is 1. The van der Waals surface area contributed by atoms with Crippen molar-refractivity contribution in [2.45, 2.75) is 20.4 Å². The second-order valence-electron chi connectivity index (χ2n) is 4.26. The SMILES string of the molecule is CCNC(=O)c1ccc(NCc2nc[nH]c2C)cc1. The van der Waals surface area contributed by atoms with Crippen LogP contribution in [-0.4, -0.2) is 22.4 Å². The molecule has 0 saturated carbocycles. The van der Waals surface area contributed by atoms with Crippen LogP contribution in [0.3, 0.4) is 0 Å². The summed E-state index contributed by atoms with van der Waals surface area (Å²) in [7, 11) is 0. The Morgan fingerprint density at radius 2 is 2.05 bits per heavy atom. The number of hydrogen-bond acceptors (Lipinski definition) is 3. The Kier molecular flexibility index (Phi) is 4.18. The minimum Gasteiger partial charge on any atom is -0.379 e. The largest absolute Gasteiger partial charge is 0.379 e. The Labute approximate surface area is 112 Å². The van der Waals surface area contributed by atoms with Crippen LogP contribution in [0.5, 0.6) is 0 Å². The third-order valence-corrected chi connectivity index (χ3v) is 2.88. The van der Waals surface area contributed by atoms with E-state index in [1.807, 2.05) is 38.1 Å². The fourth-order valence-electron chi connectivity index (χ4n) is 1.75. The summed E-state index contributed by atoms with van der Waals surface area (Å²) < 4.78 is 0. The number of carbonyl (C=O) groups excluding carboxylic acids is 1. The number of hydrogen-bond donors (Lipinski definition) is 3. The normalized spacial score (nSPS) is 10.2. The highest BCUT2D eigenvalue weighted by atomic mass is 16.1. The van der Waals surface area contributed by atoms with Crippen molar-refractivity contribution in [3.8, 4) is 0 Å². The van der Waals surface area contributed by atoms with Gasteiger partial charge in [-0.1, -0.05) is 0 Å². The van der Waals surface area contributed by atoms with Crippen molar-refractivity contribution in [1.82, 2.24) is 15.3 Å². The highest BCUT2D eigenvalue weighted by molar-refractivity contribution is 5.94. The fourth-order valence-corrected chi connectivity index (χ4v) is 1.75. The second kappa shape index (κ2) is 6.04. The van der Waals surface area contributed by atoms with E-state index >= 15 is 0 Å². The van der Waals surface area contributed by atoms with E-state index in [1.54, 1.807) is 6.33 Å². The maximum Gasteiger partial charge on any atom is 0.251 e. The van der Waals surface area contributed by atoms with Crippen LogP contribution < -0.4 is 10.6 Å². The molecule has 0 fully saturated rings. The van der Waals surface area contributed by atoms with E-state index in [0.717, 1.165) is 17.1 Å². The Balaban J connectivity index is 1.95. The first kappa shape index (κ1) is 13.1. The van der Waals surface area contributed by atoms with Crippen LogP contribution in [-0.2, 0) is 6.54 Å². The molecule has 1 amide bonds. The van der Waals surface area contributed by atoms with Gasteiger partial charge in [-0.05, 0) is 38.1 Å². The summed E-state index contributed by atoms with van der Waals surface area (Å²) in [5.74, 6) is -0.0443. The molecule has 1 aromatic heterocycles. The number of H-pyrrole nitrogens is 1. The van der Waals surface area contributed by atoms with Crippen molar-refractivity contribution in [3.05, 3.63) is 47.5 Å². The number of benzene rings is 1. The Bertz CT molecular complexity index is 545. The number of rotatable bonds is 5. The van der Waals surface area contributed by atoms with Crippen molar-refractivity contribution in [2.24, 2.45) is 0 Å². The topological polar surface area (TPSA) is 69.8 Å². The van der Waals surface area contributed by atoms with Gasteiger partial charge in [0.25, 0.3) is 5.91 Å². The fraction of sp³-hybridized carbons (Fsp3) is 0.286. The summed E-state index contributed by atoms with van der Waals surface area (Å²) in [6, 6.07) is 7.41. The van der Waals surface area contributed by atoms with Gasteiger partial charge in [-0.25, -0.2) is 4.98 Å². The molecule has 0 aliphatic carbocycles.